The van der Waals surface area contributed by atoms with Crippen molar-refractivity contribution in [3.05, 3.63) is 65.5 Å². The molecule has 162 valence electrons. The zero-order valence-electron chi connectivity index (χ0n) is 17.5. The summed E-state index contributed by atoms with van der Waals surface area (Å²) in [5, 5.41) is 0. The Morgan fingerprint density at radius 3 is 2.23 bits per heavy atom. The van der Waals surface area contributed by atoms with Gasteiger partial charge in [0.1, 0.15) is 23.7 Å². The molecule has 3 rings (SSSR count). The Kier molecular flexibility index (Phi) is 6.88. The van der Waals surface area contributed by atoms with E-state index in [4.69, 9.17) is 17.0 Å². The SMILES string of the molecule is [C-]#[N+]c1ccc(Oc2ccc([C@H](C(=O)N(C)C)[C@H](N)C(=O)N3CC[C@H](F)C3)cc2)cc1. The van der Waals surface area contributed by atoms with Crippen LogP contribution in [0, 0.1) is 6.57 Å². The van der Waals surface area contributed by atoms with E-state index in [0.717, 1.165) is 0 Å². The fraction of sp³-hybridized carbons (Fsp3) is 0.348. The number of nitrogens with zero attached hydrogens (tertiary/aromatic N) is 3. The van der Waals surface area contributed by atoms with E-state index >= 15 is 0 Å². The van der Waals surface area contributed by atoms with Crippen molar-refractivity contribution in [2.45, 2.75) is 24.6 Å². The Morgan fingerprint density at radius 2 is 1.74 bits per heavy atom. The zero-order chi connectivity index (χ0) is 22.5. The number of ether oxygens (including phenoxy) is 1. The lowest BCUT2D eigenvalue weighted by atomic mass is 9.89. The van der Waals surface area contributed by atoms with Gasteiger partial charge in [0.25, 0.3) is 0 Å². The van der Waals surface area contributed by atoms with E-state index in [-0.39, 0.29) is 18.9 Å². The van der Waals surface area contributed by atoms with Crippen LogP contribution in [0.3, 0.4) is 0 Å². The standard InChI is InChI=1S/C23H25FN4O3/c1-26-17-6-10-19(11-7-17)31-18-8-4-15(5-9-18)20(22(29)27(2)3)21(25)23(30)28-13-12-16(24)14-28/h4-11,16,20-21H,12-14,25H2,2-3H3/t16-,20-,21-/m0/s1. The summed E-state index contributed by atoms with van der Waals surface area (Å²) >= 11 is 0. The summed E-state index contributed by atoms with van der Waals surface area (Å²) in [6.07, 6.45) is -0.771. The van der Waals surface area contributed by atoms with Crippen LogP contribution in [-0.4, -0.2) is 61.0 Å². The van der Waals surface area contributed by atoms with E-state index in [2.05, 4.69) is 4.85 Å². The lowest BCUT2D eigenvalue weighted by Gasteiger charge is -2.28. The van der Waals surface area contributed by atoms with Crippen molar-refractivity contribution in [1.29, 1.82) is 0 Å². The van der Waals surface area contributed by atoms with Crippen molar-refractivity contribution in [3.8, 4) is 11.5 Å². The lowest BCUT2D eigenvalue weighted by Crippen LogP contribution is -2.50. The van der Waals surface area contributed by atoms with Gasteiger partial charge < -0.3 is 20.3 Å². The van der Waals surface area contributed by atoms with Crippen molar-refractivity contribution >= 4 is 17.5 Å². The predicted molar refractivity (Wildman–Crippen MR) is 115 cm³/mol. The zero-order valence-corrected chi connectivity index (χ0v) is 17.5. The van der Waals surface area contributed by atoms with Crippen LogP contribution in [0.15, 0.2) is 48.5 Å². The minimum Gasteiger partial charge on any atom is -0.457 e. The molecule has 1 aliphatic rings. The van der Waals surface area contributed by atoms with Crippen molar-refractivity contribution in [2.75, 3.05) is 27.2 Å². The highest BCUT2D eigenvalue weighted by atomic mass is 19.1. The highest BCUT2D eigenvalue weighted by Crippen LogP contribution is 2.28. The molecule has 2 aromatic carbocycles. The van der Waals surface area contributed by atoms with E-state index in [1.165, 1.54) is 9.80 Å². The summed E-state index contributed by atoms with van der Waals surface area (Å²) in [6.45, 7) is 7.30. The van der Waals surface area contributed by atoms with Crippen molar-refractivity contribution in [2.24, 2.45) is 5.73 Å². The molecule has 1 saturated heterocycles. The number of carbonyl (C=O) groups is 2. The Hall–Kier alpha value is -3.44. The van der Waals surface area contributed by atoms with Crippen LogP contribution in [-0.2, 0) is 9.59 Å². The minimum atomic E-state index is -1.12. The Bertz CT molecular complexity index is 970. The number of likely N-dealkylation sites (N-methyl/N-ethyl adjacent to an activating group) is 1. The molecule has 1 fully saturated rings. The quantitative estimate of drug-likeness (QED) is 0.723. The van der Waals surface area contributed by atoms with Crippen LogP contribution in [0.25, 0.3) is 4.85 Å². The van der Waals surface area contributed by atoms with Gasteiger partial charge in [-0.1, -0.05) is 24.3 Å². The Labute approximate surface area is 181 Å². The maximum absolute atomic E-state index is 13.5. The van der Waals surface area contributed by atoms with Gasteiger partial charge >= 0.3 is 0 Å². The summed E-state index contributed by atoms with van der Waals surface area (Å²) in [7, 11) is 3.20. The maximum Gasteiger partial charge on any atom is 0.240 e. The van der Waals surface area contributed by atoms with E-state index in [1.807, 2.05) is 0 Å². The van der Waals surface area contributed by atoms with Gasteiger partial charge in [-0.15, -0.1) is 0 Å². The molecule has 1 heterocycles. The number of benzene rings is 2. The third-order valence-electron chi connectivity index (χ3n) is 5.23. The highest BCUT2D eigenvalue weighted by Gasteiger charge is 2.37. The molecule has 0 radical (unpaired) electrons. The monoisotopic (exact) mass is 424 g/mol. The molecule has 2 aromatic rings. The van der Waals surface area contributed by atoms with Crippen molar-refractivity contribution in [3.63, 3.8) is 0 Å². The topological polar surface area (TPSA) is 80.2 Å². The number of hydrogen-bond donors (Lipinski definition) is 1. The van der Waals surface area contributed by atoms with Crippen LogP contribution >= 0.6 is 0 Å². The molecule has 0 saturated carbocycles. The molecule has 31 heavy (non-hydrogen) atoms. The summed E-state index contributed by atoms with van der Waals surface area (Å²) in [4.78, 5) is 31.8. The van der Waals surface area contributed by atoms with E-state index in [0.29, 0.717) is 29.3 Å². The third-order valence-corrected chi connectivity index (χ3v) is 5.23. The molecule has 0 unspecified atom stereocenters. The molecule has 2 N–H and O–H groups in total. The third kappa shape index (κ3) is 5.19. The molecule has 1 aliphatic heterocycles. The first kappa shape index (κ1) is 22.2. The van der Waals surface area contributed by atoms with E-state index < -0.39 is 24.0 Å². The molecule has 0 bridgehead atoms. The molecule has 2 amide bonds. The summed E-state index contributed by atoms with van der Waals surface area (Å²) in [6, 6.07) is 12.4. The van der Waals surface area contributed by atoms with Gasteiger partial charge in [-0.25, -0.2) is 9.24 Å². The van der Waals surface area contributed by atoms with Crippen molar-refractivity contribution in [1.82, 2.24) is 9.80 Å². The molecular formula is C23H25FN4O3. The van der Waals surface area contributed by atoms with Gasteiger partial charge in [0.15, 0.2) is 5.69 Å². The average molecular weight is 424 g/mol. The lowest BCUT2D eigenvalue weighted by molar-refractivity contribution is -0.138. The number of nitrogens with two attached hydrogens (primary N) is 1. The normalized spacial score (nSPS) is 17.5. The number of halogens is 1. The fourth-order valence-electron chi connectivity index (χ4n) is 3.52. The van der Waals surface area contributed by atoms with Crippen LogP contribution < -0.4 is 10.5 Å². The van der Waals surface area contributed by atoms with E-state index in [1.54, 1.807) is 62.6 Å². The smallest absolute Gasteiger partial charge is 0.240 e. The predicted octanol–water partition coefficient (Wildman–Crippen LogP) is 3.10. The fourth-order valence-corrected chi connectivity index (χ4v) is 3.52. The molecule has 3 atom stereocenters. The van der Waals surface area contributed by atoms with Gasteiger partial charge in [0.2, 0.25) is 11.8 Å². The van der Waals surface area contributed by atoms with Crippen LogP contribution in [0.2, 0.25) is 0 Å². The molecule has 7 nitrogen and oxygen atoms in total. The summed E-state index contributed by atoms with van der Waals surface area (Å²) in [5.41, 5.74) is 7.32. The second-order valence-corrected chi connectivity index (χ2v) is 7.68. The molecule has 8 heteroatoms. The minimum absolute atomic E-state index is 0.00841. The number of rotatable bonds is 6. The van der Waals surface area contributed by atoms with Crippen molar-refractivity contribution < 1.29 is 18.7 Å². The maximum atomic E-state index is 13.5. The molecule has 0 spiro atoms. The number of amides is 2. The largest absolute Gasteiger partial charge is 0.457 e. The Morgan fingerprint density at radius 1 is 1.16 bits per heavy atom. The average Bonchev–Trinajstić information content (AvgIpc) is 3.21. The molecular weight excluding hydrogens is 399 g/mol. The second kappa shape index (κ2) is 9.58. The van der Waals surface area contributed by atoms with Gasteiger partial charge in [0, 0.05) is 20.6 Å². The number of hydrogen-bond acceptors (Lipinski definition) is 4. The number of alkyl halides is 1. The first-order valence-corrected chi connectivity index (χ1v) is 9.95. The molecule has 0 aliphatic carbocycles. The van der Waals surface area contributed by atoms with Gasteiger partial charge in [-0.05, 0) is 36.2 Å². The van der Waals surface area contributed by atoms with Gasteiger partial charge in [-0.3, -0.25) is 9.59 Å². The van der Waals surface area contributed by atoms with Gasteiger partial charge in [0.05, 0.1) is 19.0 Å². The Balaban J connectivity index is 1.79. The second-order valence-electron chi connectivity index (χ2n) is 7.68. The van der Waals surface area contributed by atoms with Crippen LogP contribution in [0.1, 0.15) is 17.9 Å². The van der Waals surface area contributed by atoms with Crippen LogP contribution in [0.4, 0.5) is 10.1 Å². The first-order chi connectivity index (χ1) is 14.8. The highest BCUT2D eigenvalue weighted by molar-refractivity contribution is 5.93. The van der Waals surface area contributed by atoms with E-state index in [9.17, 15) is 14.0 Å². The number of likely N-dealkylation sites (tertiary alicyclic amines) is 1. The number of carbonyl (C=O) groups excluding carboxylic acids is 2. The summed E-state index contributed by atoms with van der Waals surface area (Å²) < 4.78 is 19.3. The van der Waals surface area contributed by atoms with Gasteiger partial charge in [-0.2, -0.15) is 0 Å². The molecule has 0 aromatic heterocycles. The summed E-state index contributed by atoms with van der Waals surface area (Å²) in [5.74, 6) is -0.521. The van der Waals surface area contributed by atoms with Crippen LogP contribution in [0.5, 0.6) is 11.5 Å². The first-order valence-electron chi connectivity index (χ1n) is 9.95.